The van der Waals surface area contributed by atoms with Crippen molar-refractivity contribution in [3.05, 3.63) is 26.6 Å². The predicted molar refractivity (Wildman–Crippen MR) is 94.5 cm³/mol. The Labute approximate surface area is 142 Å². The molecule has 1 aliphatic rings. The van der Waals surface area contributed by atoms with Gasteiger partial charge >= 0.3 is 0 Å². The Balaban J connectivity index is 1.92. The van der Waals surface area contributed by atoms with Crippen LogP contribution in [0.4, 0.5) is 0 Å². The van der Waals surface area contributed by atoms with Gasteiger partial charge in [-0.15, -0.1) is 0 Å². The summed E-state index contributed by atoms with van der Waals surface area (Å²) in [7, 11) is 0. The first-order valence-corrected chi connectivity index (χ1v) is 9.80. The number of halogens is 2. The molecule has 1 aromatic rings. The second-order valence-electron chi connectivity index (χ2n) is 5.46. The van der Waals surface area contributed by atoms with Crippen molar-refractivity contribution in [1.82, 2.24) is 5.32 Å². The van der Waals surface area contributed by atoms with E-state index in [1.54, 1.807) is 0 Å². The molecule has 1 aromatic carbocycles. The Bertz CT molecular complexity index is 438. The molecule has 0 spiro atoms. The molecule has 0 unspecified atom stereocenters. The number of nitrogens with one attached hydrogen (secondary N) is 1. The minimum atomic E-state index is 0.265. The monoisotopic (exact) mass is 421 g/mol. The summed E-state index contributed by atoms with van der Waals surface area (Å²) in [5.41, 5.74) is 1.17. The Morgan fingerprint density at radius 2 is 1.80 bits per heavy atom. The molecule has 0 atom stereocenters. The lowest BCUT2D eigenvalue weighted by atomic mass is 9.88. The van der Waals surface area contributed by atoms with Gasteiger partial charge in [-0.1, -0.05) is 19.3 Å². The van der Waals surface area contributed by atoms with Crippen LogP contribution >= 0.6 is 43.6 Å². The van der Waals surface area contributed by atoms with E-state index in [1.807, 2.05) is 23.9 Å². The van der Waals surface area contributed by atoms with Crippen LogP contribution in [-0.2, 0) is 6.54 Å². The van der Waals surface area contributed by atoms with Crippen molar-refractivity contribution in [3.63, 3.8) is 0 Å². The predicted octanol–water partition coefficient (Wildman–Crippen LogP) is 5.07. The number of benzene rings is 1. The summed E-state index contributed by atoms with van der Waals surface area (Å²) in [5.74, 6) is 0.265. The molecule has 20 heavy (non-hydrogen) atoms. The SMILES string of the molecule is CSC1(CNCc2cc(Br)c(O)c(Br)c2)CCCCC1. The molecule has 0 aromatic heterocycles. The van der Waals surface area contributed by atoms with Crippen LogP contribution in [0, 0.1) is 0 Å². The average Bonchev–Trinajstić information content (AvgIpc) is 2.45. The lowest BCUT2D eigenvalue weighted by Gasteiger charge is -2.36. The third-order valence-electron chi connectivity index (χ3n) is 4.05. The maximum absolute atomic E-state index is 9.72. The molecule has 112 valence electrons. The van der Waals surface area contributed by atoms with E-state index < -0.39 is 0 Å². The first kappa shape index (κ1) is 16.7. The first-order chi connectivity index (χ1) is 9.56. The van der Waals surface area contributed by atoms with Gasteiger partial charge in [-0.2, -0.15) is 11.8 Å². The van der Waals surface area contributed by atoms with Crippen molar-refractivity contribution in [3.8, 4) is 5.75 Å². The third kappa shape index (κ3) is 4.15. The fraction of sp³-hybridized carbons (Fsp3) is 0.600. The molecule has 1 aliphatic carbocycles. The molecule has 0 amide bonds. The number of phenolic OH excluding ortho intramolecular Hbond substituents is 1. The van der Waals surface area contributed by atoms with Gasteiger partial charge in [0.05, 0.1) is 8.95 Å². The van der Waals surface area contributed by atoms with Crippen LogP contribution in [0.2, 0.25) is 0 Å². The summed E-state index contributed by atoms with van der Waals surface area (Å²) in [6, 6.07) is 3.94. The van der Waals surface area contributed by atoms with Gasteiger partial charge in [0.15, 0.2) is 0 Å². The highest BCUT2D eigenvalue weighted by Gasteiger charge is 2.30. The third-order valence-corrected chi connectivity index (χ3v) is 6.68. The van der Waals surface area contributed by atoms with E-state index in [4.69, 9.17) is 0 Å². The molecule has 2 N–H and O–H groups in total. The van der Waals surface area contributed by atoms with E-state index in [1.165, 1.54) is 37.7 Å². The lowest BCUT2D eigenvalue weighted by Crippen LogP contribution is -2.39. The molecule has 0 aliphatic heterocycles. The second kappa shape index (κ2) is 7.52. The van der Waals surface area contributed by atoms with E-state index in [9.17, 15) is 5.11 Å². The summed E-state index contributed by atoms with van der Waals surface area (Å²) in [5, 5.41) is 13.3. The highest BCUT2D eigenvalue weighted by molar-refractivity contribution is 9.11. The molecule has 5 heteroatoms. The van der Waals surface area contributed by atoms with Crippen LogP contribution in [0.15, 0.2) is 21.1 Å². The van der Waals surface area contributed by atoms with Gasteiger partial charge in [-0.05, 0) is 68.7 Å². The summed E-state index contributed by atoms with van der Waals surface area (Å²) >= 11 is 8.77. The van der Waals surface area contributed by atoms with Gasteiger partial charge in [-0.25, -0.2) is 0 Å². The van der Waals surface area contributed by atoms with Crippen LogP contribution in [0.5, 0.6) is 5.75 Å². The average molecular weight is 423 g/mol. The maximum atomic E-state index is 9.72. The Morgan fingerprint density at radius 1 is 1.20 bits per heavy atom. The number of hydrogen-bond acceptors (Lipinski definition) is 3. The molecule has 1 saturated carbocycles. The van der Waals surface area contributed by atoms with E-state index >= 15 is 0 Å². The molecular formula is C15H21Br2NOS. The second-order valence-corrected chi connectivity index (χ2v) is 8.44. The van der Waals surface area contributed by atoms with Gasteiger partial charge in [0.1, 0.15) is 5.75 Å². The Morgan fingerprint density at radius 3 is 2.35 bits per heavy atom. The number of hydrogen-bond donors (Lipinski definition) is 2. The van der Waals surface area contributed by atoms with E-state index in [2.05, 4.69) is 43.4 Å². The van der Waals surface area contributed by atoms with Crippen molar-refractivity contribution in [2.45, 2.75) is 43.4 Å². The lowest BCUT2D eigenvalue weighted by molar-refractivity contribution is 0.379. The molecule has 0 heterocycles. The van der Waals surface area contributed by atoms with Crippen LogP contribution in [0.3, 0.4) is 0 Å². The Kier molecular flexibility index (Phi) is 6.26. The van der Waals surface area contributed by atoms with Crippen molar-refractivity contribution in [2.24, 2.45) is 0 Å². The van der Waals surface area contributed by atoms with Gasteiger partial charge in [0.2, 0.25) is 0 Å². The Hall–Kier alpha value is 0.290. The molecule has 0 saturated heterocycles. The first-order valence-electron chi connectivity index (χ1n) is 6.99. The summed E-state index contributed by atoms with van der Waals surface area (Å²) < 4.78 is 1.89. The molecule has 2 rings (SSSR count). The fourth-order valence-corrected chi connectivity index (χ4v) is 5.03. The molecular weight excluding hydrogens is 402 g/mol. The van der Waals surface area contributed by atoms with Crippen molar-refractivity contribution < 1.29 is 5.11 Å². The standard InChI is InChI=1S/C15H21Br2NOS/c1-20-15(5-3-2-4-6-15)10-18-9-11-7-12(16)14(19)13(17)8-11/h7-8,18-19H,2-6,9-10H2,1H3. The topological polar surface area (TPSA) is 32.3 Å². The van der Waals surface area contributed by atoms with Crippen molar-refractivity contribution in [1.29, 1.82) is 0 Å². The molecule has 2 nitrogen and oxygen atoms in total. The smallest absolute Gasteiger partial charge is 0.143 e. The zero-order valence-electron chi connectivity index (χ0n) is 11.7. The number of aromatic hydroxyl groups is 1. The molecule has 0 radical (unpaired) electrons. The van der Waals surface area contributed by atoms with Crippen molar-refractivity contribution in [2.75, 3.05) is 12.8 Å². The quantitative estimate of drug-likeness (QED) is 0.694. The minimum absolute atomic E-state index is 0.265. The van der Waals surface area contributed by atoms with Crippen LogP contribution in [-0.4, -0.2) is 22.7 Å². The zero-order valence-corrected chi connectivity index (χ0v) is 15.7. The van der Waals surface area contributed by atoms with Gasteiger partial charge in [-0.3, -0.25) is 0 Å². The van der Waals surface area contributed by atoms with E-state index in [0.717, 1.165) is 22.0 Å². The van der Waals surface area contributed by atoms with Crippen LogP contribution in [0.25, 0.3) is 0 Å². The van der Waals surface area contributed by atoms with Gasteiger partial charge in [0, 0.05) is 17.8 Å². The highest BCUT2D eigenvalue weighted by Crippen LogP contribution is 2.38. The number of rotatable bonds is 5. The fourth-order valence-electron chi connectivity index (χ4n) is 2.80. The van der Waals surface area contributed by atoms with Gasteiger partial charge < -0.3 is 10.4 Å². The highest BCUT2D eigenvalue weighted by atomic mass is 79.9. The largest absolute Gasteiger partial charge is 0.506 e. The number of thioether (sulfide) groups is 1. The zero-order chi connectivity index (χ0) is 14.6. The van der Waals surface area contributed by atoms with E-state index in [-0.39, 0.29) is 5.75 Å². The van der Waals surface area contributed by atoms with Crippen molar-refractivity contribution >= 4 is 43.6 Å². The molecule has 1 fully saturated rings. The van der Waals surface area contributed by atoms with Gasteiger partial charge in [0.25, 0.3) is 0 Å². The van der Waals surface area contributed by atoms with Crippen LogP contribution < -0.4 is 5.32 Å². The van der Waals surface area contributed by atoms with E-state index in [0.29, 0.717) is 4.75 Å². The molecule has 0 bridgehead atoms. The number of phenols is 1. The van der Waals surface area contributed by atoms with Crippen LogP contribution in [0.1, 0.15) is 37.7 Å². The summed E-state index contributed by atoms with van der Waals surface area (Å²) in [6.07, 6.45) is 8.99. The maximum Gasteiger partial charge on any atom is 0.143 e. The normalized spacial score (nSPS) is 18.1. The summed E-state index contributed by atoms with van der Waals surface area (Å²) in [4.78, 5) is 0. The minimum Gasteiger partial charge on any atom is -0.506 e. The summed E-state index contributed by atoms with van der Waals surface area (Å²) in [6.45, 7) is 1.89.